The fourth-order valence-corrected chi connectivity index (χ4v) is 3.54. The van der Waals surface area contributed by atoms with E-state index in [0.29, 0.717) is 5.69 Å². The maximum atomic E-state index is 12.5. The Morgan fingerprint density at radius 3 is 2.53 bits per heavy atom. The minimum atomic E-state index is -0.349. The first-order valence-corrected chi connectivity index (χ1v) is 9.65. The van der Waals surface area contributed by atoms with Crippen LogP contribution in [0, 0.1) is 0 Å². The molecule has 2 aromatic heterocycles. The zero-order valence-electron chi connectivity index (χ0n) is 16.0. The van der Waals surface area contributed by atoms with Crippen LogP contribution >= 0.6 is 0 Å². The number of para-hydroxylation sites is 2. The number of H-pyrrole nitrogens is 1. The van der Waals surface area contributed by atoms with Gasteiger partial charge in [0.25, 0.3) is 5.91 Å². The molecule has 2 heterocycles. The Morgan fingerprint density at radius 2 is 1.63 bits per heavy atom. The monoisotopic (exact) mass is 390 g/mol. The minimum Gasteiger partial charge on any atom is -0.354 e. The molecule has 5 aromatic rings. The number of amides is 1. The second-order valence-electron chi connectivity index (χ2n) is 6.91. The molecule has 1 amide bonds. The number of hydrogen-bond acceptors (Lipinski definition) is 3. The van der Waals surface area contributed by atoms with Crippen molar-refractivity contribution < 1.29 is 4.79 Å². The summed E-state index contributed by atoms with van der Waals surface area (Å²) in [6.07, 6.45) is 1.68. The van der Waals surface area contributed by atoms with Crippen LogP contribution in [0.25, 0.3) is 33.1 Å². The molecule has 0 unspecified atom stereocenters. The Morgan fingerprint density at radius 1 is 0.867 bits per heavy atom. The summed E-state index contributed by atoms with van der Waals surface area (Å²) < 4.78 is 0. The fourth-order valence-electron chi connectivity index (χ4n) is 3.54. The first-order chi connectivity index (χ1) is 14.8. The Bertz CT molecular complexity index is 1390. The van der Waals surface area contributed by atoms with Gasteiger partial charge in [-0.05, 0) is 23.8 Å². The SMILES string of the molecule is O=C(N/N=C/c1c(-c2ccccc2)[nH]c2ccccc12)c1ccc2ccccc2n1. The normalized spacial score (nSPS) is 11.3. The van der Waals surface area contributed by atoms with Gasteiger partial charge >= 0.3 is 0 Å². The summed E-state index contributed by atoms with van der Waals surface area (Å²) >= 11 is 0. The molecule has 0 aliphatic rings. The van der Waals surface area contributed by atoms with Crippen LogP contribution in [-0.4, -0.2) is 22.1 Å². The van der Waals surface area contributed by atoms with E-state index >= 15 is 0 Å². The first-order valence-electron chi connectivity index (χ1n) is 9.65. The van der Waals surface area contributed by atoms with Gasteiger partial charge in [0.1, 0.15) is 5.69 Å². The molecule has 30 heavy (non-hydrogen) atoms. The number of fused-ring (bicyclic) bond motifs is 2. The molecular weight excluding hydrogens is 372 g/mol. The molecule has 0 aliphatic heterocycles. The highest BCUT2D eigenvalue weighted by atomic mass is 16.2. The number of nitrogens with one attached hydrogen (secondary N) is 2. The Labute approximate surface area is 173 Å². The van der Waals surface area contributed by atoms with Gasteiger partial charge in [0.2, 0.25) is 0 Å². The van der Waals surface area contributed by atoms with Gasteiger partial charge in [0, 0.05) is 21.9 Å². The third-order valence-corrected chi connectivity index (χ3v) is 5.00. The molecule has 0 spiro atoms. The van der Waals surface area contributed by atoms with Gasteiger partial charge in [0.05, 0.1) is 17.4 Å². The van der Waals surface area contributed by atoms with Crippen molar-refractivity contribution in [2.45, 2.75) is 0 Å². The molecule has 0 fully saturated rings. The van der Waals surface area contributed by atoms with E-state index < -0.39 is 0 Å². The molecular formula is C25H18N4O. The highest BCUT2D eigenvalue weighted by Gasteiger charge is 2.12. The molecule has 0 radical (unpaired) electrons. The Balaban J connectivity index is 1.45. The van der Waals surface area contributed by atoms with Crippen molar-refractivity contribution in [2.75, 3.05) is 0 Å². The van der Waals surface area contributed by atoms with Crippen LogP contribution in [-0.2, 0) is 0 Å². The first kappa shape index (κ1) is 17.8. The average Bonchev–Trinajstić information content (AvgIpc) is 3.18. The lowest BCUT2D eigenvalue weighted by Gasteiger charge is -2.03. The van der Waals surface area contributed by atoms with Gasteiger partial charge in [0.15, 0.2) is 0 Å². The lowest BCUT2D eigenvalue weighted by Crippen LogP contribution is -2.19. The largest absolute Gasteiger partial charge is 0.354 e. The molecule has 5 heteroatoms. The van der Waals surface area contributed by atoms with Crippen LogP contribution in [0.3, 0.4) is 0 Å². The number of carbonyl (C=O) groups excluding carboxylic acids is 1. The number of aromatic nitrogens is 2. The molecule has 0 bridgehead atoms. The number of pyridine rings is 1. The van der Waals surface area contributed by atoms with Crippen molar-refractivity contribution in [3.63, 3.8) is 0 Å². The number of nitrogens with zero attached hydrogens (tertiary/aromatic N) is 2. The van der Waals surface area contributed by atoms with Crippen molar-refractivity contribution in [1.29, 1.82) is 0 Å². The molecule has 144 valence electrons. The third kappa shape index (κ3) is 3.33. The number of hydrogen-bond donors (Lipinski definition) is 2. The zero-order valence-corrected chi connectivity index (χ0v) is 16.0. The number of benzene rings is 3. The topological polar surface area (TPSA) is 70.1 Å². The molecule has 0 saturated heterocycles. The van der Waals surface area contributed by atoms with Crippen LogP contribution in [0.4, 0.5) is 0 Å². The summed E-state index contributed by atoms with van der Waals surface area (Å²) in [5, 5.41) is 6.25. The standard InChI is InChI=1S/C25H18N4O/c30-25(23-15-14-17-8-4-6-12-21(17)27-23)29-26-16-20-19-11-5-7-13-22(19)28-24(20)18-9-2-1-3-10-18/h1-16,28H,(H,29,30)/b26-16+. The van der Waals surface area contributed by atoms with E-state index in [1.807, 2.05) is 84.9 Å². The molecule has 0 aliphatic carbocycles. The molecule has 0 atom stereocenters. The lowest BCUT2D eigenvalue weighted by atomic mass is 10.1. The maximum Gasteiger partial charge on any atom is 0.289 e. The van der Waals surface area contributed by atoms with Gasteiger partial charge in [-0.1, -0.05) is 72.8 Å². The number of hydrazone groups is 1. The summed E-state index contributed by atoms with van der Waals surface area (Å²) in [7, 11) is 0. The average molecular weight is 390 g/mol. The van der Waals surface area contributed by atoms with E-state index in [2.05, 4.69) is 20.5 Å². The van der Waals surface area contributed by atoms with Gasteiger partial charge < -0.3 is 4.98 Å². The second-order valence-corrected chi connectivity index (χ2v) is 6.91. The van der Waals surface area contributed by atoms with Crippen molar-refractivity contribution in [3.8, 4) is 11.3 Å². The highest BCUT2D eigenvalue weighted by Crippen LogP contribution is 2.28. The smallest absolute Gasteiger partial charge is 0.289 e. The highest BCUT2D eigenvalue weighted by molar-refractivity contribution is 6.06. The third-order valence-electron chi connectivity index (χ3n) is 5.00. The minimum absolute atomic E-state index is 0.327. The fraction of sp³-hybridized carbons (Fsp3) is 0. The van der Waals surface area contributed by atoms with E-state index in [1.54, 1.807) is 12.3 Å². The summed E-state index contributed by atoms with van der Waals surface area (Å²) in [4.78, 5) is 20.4. The van der Waals surface area contributed by atoms with Crippen molar-refractivity contribution in [2.24, 2.45) is 5.10 Å². The molecule has 3 aromatic carbocycles. The summed E-state index contributed by atoms with van der Waals surface area (Å²) in [5.41, 5.74) is 7.65. The molecule has 2 N–H and O–H groups in total. The lowest BCUT2D eigenvalue weighted by molar-refractivity contribution is 0.0950. The predicted octanol–water partition coefficient (Wildman–Crippen LogP) is 5.15. The second kappa shape index (κ2) is 7.64. The summed E-state index contributed by atoms with van der Waals surface area (Å²) in [5.74, 6) is -0.349. The van der Waals surface area contributed by atoms with Gasteiger partial charge in [-0.2, -0.15) is 5.10 Å². The summed E-state index contributed by atoms with van der Waals surface area (Å²) in [6.45, 7) is 0. The Hall–Kier alpha value is -4.25. The molecule has 5 rings (SSSR count). The van der Waals surface area contributed by atoms with E-state index in [9.17, 15) is 4.79 Å². The number of rotatable bonds is 4. The van der Waals surface area contributed by atoms with Gasteiger partial charge in [-0.25, -0.2) is 10.4 Å². The maximum absolute atomic E-state index is 12.5. The van der Waals surface area contributed by atoms with Crippen LogP contribution in [0.15, 0.2) is 96.1 Å². The van der Waals surface area contributed by atoms with Crippen molar-refractivity contribution >= 4 is 33.9 Å². The zero-order chi connectivity index (χ0) is 20.3. The van der Waals surface area contributed by atoms with E-state index in [4.69, 9.17) is 0 Å². The predicted molar refractivity (Wildman–Crippen MR) is 121 cm³/mol. The van der Waals surface area contributed by atoms with Crippen molar-refractivity contribution in [1.82, 2.24) is 15.4 Å². The van der Waals surface area contributed by atoms with Gasteiger partial charge in [-0.3, -0.25) is 4.79 Å². The Kier molecular flexibility index (Phi) is 4.54. The van der Waals surface area contributed by atoms with E-state index in [-0.39, 0.29) is 5.91 Å². The quantitative estimate of drug-likeness (QED) is 0.329. The number of aromatic amines is 1. The van der Waals surface area contributed by atoms with Crippen LogP contribution in [0.5, 0.6) is 0 Å². The van der Waals surface area contributed by atoms with E-state index in [0.717, 1.165) is 38.6 Å². The van der Waals surface area contributed by atoms with Crippen LogP contribution in [0.1, 0.15) is 16.1 Å². The van der Waals surface area contributed by atoms with Crippen LogP contribution < -0.4 is 5.43 Å². The van der Waals surface area contributed by atoms with Crippen molar-refractivity contribution in [3.05, 3.63) is 102 Å². The molecule has 5 nitrogen and oxygen atoms in total. The van der Waals surface area contributed by atoms with Gasteiger partial charge in [-0.15, -0.1) is 0 Å². The van der Waals surface area contributed by atoms with E-state index in [1.165, 1.54) is 0 Å². The molecule has 0 saturated carbocycles. The summed E-state index contributed by atoms with van der Waals surface area (Å²) in [6, 6.07) is 29.4. The number of carbonyl (C=O) groups is 1. The van der Waals surface area contributed by atoms with Crippen LogP contribution in [0.2, 0.25) is 0 Å².